The lowest BCUT2D eigenvalue weighted by atomic mass is 10.3. The van der Waals surface area contributed by atoms with Gasteiger partial charge in [-0.3, -0.25) is 4.79 Å². The summed E-state index contributed by atoms with van der Waals surface area (Å²) >= 11 is 4.84. The van der Waals surface area contributed by atoms with Gasteiger partial charge in [-0.25, -0.2) is 0 Å². The molecule has 18 heavy (non-hydrogen) atoms. The zero-order chi connectivity index (χ0) is 13.5. The van der Waals surface area contributed by atoms with Crippen molar-refractivity contribution in [1.29, 1.82) is 0 Å². The van der Waals surface area contributed by atoms with Crippen molar-refractivity contribution in [2.24, 2.45) is 5.73 Å². The Labute approximate surface area is 112 Å². The number of aromatic nitrogens is 2. The van der Waals surface area contributed by atoms with Gasteiger partial charge in [0.05, 0.1) is 4.99 Å². The highest BCUT2D eigenvalue weighted by molar-refractivity contribution is 7.80. The second-order valence-electron chi connectivity index (χ2n) is 3.65. The minimum Gasteiger partial charge on any atom is -0.393 e. The molecule has 1 aromatic rings. The number of carbonyl (C=O) groups is 1. The minimum absolute atomic E-state index is 0.250. The maximum atomic E-state index is 11.3. The number of nitrogens with one attached hydrogen (secondary N) is 1. The van der Waals surface area contributed by atoms with Gasteiger partial charge >= 0.3 is 0 Å². The van der Waals surface area contributed by atoms with Crippen LogP contribution >= 0.6 is 12.2 Å². The SMILES string of the molecule is CCN(CCC(N)=S)c1ccc(C(=O)NC)nn1. The molecule has 98 valence electrons. The Hall–Kier alpha value is -1.76. The molecule has 0 spiro atoms. The van der Waals surface area contributed by atoms with Crippen LogP contribution in [0, 0.1) is 0 Å². The van der Waals surface area contributed by atoms with Crippen LogP contribution in [0.2, 0.25) is 0 Å². The molecule has 3 N–H and O–H groups in total. The molecule has 0 fully saturated rings. The lowest BCUT2D eigenvalue weighted by Gasteiger charge is -2.20. The van der Waals surface area contributed by atoms with E-state index in [2.05, 4.69) is 15.5 Å². The average Bonchev–Trinajstić information content (AvgIpc) is 2.39. The number of anilines is 1. The number of carbonyl (C=O) groups excluding carboxylic acids is 1. The molecule has 0 aliphatic rings. The van der Waals surface area contributed by atoms with E-state index in [4.69, 9.17) is 18.0 Å². The van der Waals surface area contributed by atoms with Crippen molar-refractivity contribution in [3.05, 3.63) is 17.8 Å². The Morgan fingerprint density at radius 2 is 2.22 bits per heavy atom. The van der Waals surface area contributed by atoms with Crippen LogP contribution in [0.3, 0.4) is 0 Å². The van der Waals surface area contributed by atoms with Gasteiger partial charge in [0.25, 0.3) is 5.91 Å². The first kappa shape index (κ1) is 14.3. The van der Waals surface area contributed by atoms with E-state index in [0.717, 1.165) is 6.54 Å². The second kappa shape index (κ2) is 6.85. The van der Waals surface area contributed by atoms with Gasteiger partial charge in [0.2, 0.25) is 0 Å². The van der Waals surface area contributed by atoms with E-state index in [9.17, 15) is 4.79 Å². The molecular weight excluding hydrogens is 250 g/mol. The van der Waals surface area contributed by atoms with Crippen LogP contribution in [0.5, 0.6) is 0 Å². The van der Waals surface area contributed by atoms with Crippen LogP contribution in [0.25, 0.3) is 0 Å². The molecule has 1 rings (SSSR count). The average molecular weight is 267 g/mol. The predicted octanol–water partition coefficient (Wildman–Crippen LogP) is 0.339. The number of amides is 1. The number of thiocarbonyl (C=S) groups is 1. The molecule has 6 nitrogen and oxygen atoms in total. The largest absolute Gasteiger partial charge is 0.393 e. The van der Waals surface area contributed by atoms with Gasteiger partial charge in [-0.15, -0.1) is 10.2 Å². The van der Waals surface area contributed by atoms with E-state index in [1.807, 2.05) is 11.8 Å². The number of nitrogens with zero attached hydrogens (tertiary/aromatic N) is 3. The normalized spacial score (nSPS) is 9.89. The summed E-state index contributed by atoms with van der Waals surface area (Å²) in [6, 6.07) is 3.41. The lowest BCUT2D eigenvalue weighted by Crippen LogP contribution is -2.28. The first-order valence-corrected chi connectivity index (χ1v) is 6.08. The smallest absolute Gasteiger partial charge is 0.271 e. The van der Waals surface area contributed by atoms with Gasteiger partial charge in [0.1, 0.15) is 0 Å². The van der Waals surface area contributed by atoms with Crippen LogP contribution in [-0.4, -0.2) is 41.2 Å². The zero-order valence-corrected chi connectivity index (χ0v) is 11.3. The molecule has 0 atom stereocenters. The predicted molar refractivity (Wildman–Crippen MR) is 74.7 cm³/mol. The topological polar surface area (TPSA) is 84.1 Å². The van der Waals surface area contributed by atoms with Crippen molar-refractivity contribution >= 4 is 28.9 Å². The molecule has 0 aliphatic carbocycles. The Bertz CT molecular complexity index is 420. The Kier molecular flexibility index (Phi) is 5.44. The van der Waals surface area contributed by atoms with Crippen LogP contribution in [-0.2, 0) is 0 Å². The second-order valence-corrected chi connectivity index (χ2v) is 4.18. The Morgan fingerprint density at radius 1 is 1.50 bits per heavy atom. The lowest BCUT2D eigenvalue weighted by molar-refractivity contribution is 0.0957. The fraction of sp³-hybridized carbons (Fsp3) is 0.455. The highest BCUT2D eigenvalue weighted by Gasteiger charge is 2.09. The maximum Gasteiger partial charge on any atom is 0.271 e. The maximum absolute atomic E-state index is 11.3. The quantitative estimate of drug-likeness (QED) is 0.723. The fourth-order valence-electron chi connectivity index (χ4n) is 1.42. The standard InChI is InChI=1S/C11H17N5OS/c1-3-16(7-6-9(12)18)10-5-4-8(14-15-10)11(17)13-2/h4-5H,3,6-7H2,1-2H3,(H2,12,18)(H,13,17). The summed E-state index contributed by atoms with van der Waals surface area (Å²) in [5, 5.41) is 10.4. The molecule has 0 aromatic carbocycles. The van der Waals surface area contributed by atoms with Crippen LogP contribution in [0.4, 0.5) is 5.82 Å². The molecule has 0 unspecified atom stereocenters. The molecule has 1 heterocycles. The molecule has 1 aromatic heterocycles. The Morgan fingerprint density at radius 3 is 2.67 bits per heavy atom. The third kappa shape index (κ3) is 3.92. The van der Waals surface area contributed by atoms with Crippen molar-refractivity contribution in [2.45, 2.75) is 13.3 Å². The van der Waals surface area contributed by atoms with Gasteiger partial charge in [-0.1, -0.05) is 12.2 Å². The molecule has 0 saturated carbocycles. The van der Waals surface area contributed by atoms with Crippen molar-refractivity contribution in [1.82, 2.24) is 15.5 Å². The van der Waals surface area contributed by atoms with Crippen molar-refractivity contribution in [2.75, 3.05) is 25.0 Å². The molecule has 0 radical (unpaired) electrons. The summed E-state index contributed by atoms with van der Waals surface area (Å²) in [6.45, 7) is 3.48. The van der Waals surface area contributed by atoms with Gasteiger partial charge in [0, 0.05) is 26.6 Å². The fourth-order valence-corrected chi connectivity index (χ4v) is 1.51. The van der Waals surface area contributed by atoms with Crippen LogP contribution < -0.4 is 16.0 Å². The van der Waals surface area contributed by atoms with E-state index in [-0.39, 0.29) is 5.91 Å². The zero-order valence-electron chi connectivity index (χ0n) is 10.5. The molecule has 0 aliphatic heterocycles. The van der Waals surface area contributed by atoms with E-state index in [1.165, 1.54) is 0 Å². The summed E-state index contributed by atoms with van der Waals surface area (Å²) in [5.41, 5.74) is 5.77. The first-order valence-electron chi connectivity index (χ1n) is 5.67. The molecular formula is C11H17N5OS. The third-order valence-corrected chi connectivity index (χ3v) is 2.65. The van der Waals surface area contributed by atoms with Crippen LogP contribution in [0.15, 0.2) is 12.1 Å². The Balaban J connectivity index is 2.75. The molecule has 1 amide bonds. The molecule has 7 heteroatoms. The number of rotatable bonds is 6. The number of hydrogen-bond donors (Lipinski definition) is 2. The van der Waals surface area contributed by atoms with Gasteiger partial charge in [0.15, 0.2) is 11.5 Å². The van der Waals surface area contributed by atoms with Gasteiger partial charge < -0.3 is 16.0 Å². The van der Waals surface area contributed by atoms with Crippen molar-refractivity contribution in [3.8, 4) is 0 Å². The number of nitrogens with two attached hydrogens (primary N) is 1. The minimum atomic E-state index is -0.250. The van der Waals surface area contributed by atoms with E-state index in [1.54, 1.807) is 19.2 Å². The molecule has 0 saturated heterocycles. The number of hydrogen-bond acceptors (Lipinski definition) is 5. The summed E-state index contributed by atoms with van der Waals surface area (Å²) in [5.74, 6) is 0.460. The van der Waals surface area contributed by atoms with Gasteiger partial charge in [-0.2, -0.15) is 0 Å². The summed E-state index contributed by atoms with van der Waals surface area (Å²) in [6.07, 6.45) is 0.627. The monoisotopic (exact) mass is 267 g/mol. The van der Waals surface area contributed by atoms with Gasteiger partial charge in [-0.05, 0) is 19.1 Å². The van der Waals surface area contributed by atoms with E-state index < -0.39 is 0 Å². The highest BCUT2D eigenvalue weighted by atomic mass is 32.1. The summed E-state index contributed by atoms with van der Waals surface area (Å²) in [4.78, 5) is 13.8. The molecule has 0 bridgehead atoms. The summed E-state index contributed by atoms with van der Waals surface area (Å²) < 4.78 is 0. The summed E-state index contributed by atoms with van der Waals surface area (Å²) in [7, 11) is 1.55. The van der Waals surface area contributed by atoms with Crippen LogP contribution in [0.1, 0.15) is 23.8 Å². The van der Waals surface area contributed by atoms with Crippen molar-refractivity contribution in [3.63, 3.8) is 0 Å². The third-order valence-electron chi connectivity index (χ3n) is 2.44. The van der Waals surface area contributed by atoms with Crippen molar-refractivity contribution < 1.29 is 4.79 Å². The highest BCUT2D eigenvalue weighted by Crippen LogP contribution is 2.09. The first-order chi connectivity index (χ1) is 8.58. The van der Waals surface area contributed by atoms with E-state index >= 15 is 0 Å². The van der Waals surface area contributed by atoms with E-state index in [0.29, 0.717) is 29.5 Å².